The molecule has 1 aliphatic rings. The van der Waals surface area contributed by atoms with E-state index < -0.39 is 0 Å². The molecule has 0 bridgehead atoms. The van der Waals surface area contributed by atoms with Gasteiger partial charge in [-0.2, -0.15) is 0 Å². The second kappa shape index (κ2) is 7.68. The predicted molar refractivity (Wildman–Crippen MR) is 104 cm³/mol. The molecule has 0 spiro atoms. The molecule has 2 aromatic carbocycles. The molecule has 130 valence electrons. The predicted octanol–water partition coefficient (Wildman–Crippen LogP) is 3.63. The number of benzene rings is 2. The molecule has 1 atom stereocenters. The highest BCUT2D eigenvalue weighted by atomic mass is 35.5. The minimum Gasteiger partial charge on any atom is -0.358 e. The van der Waals surface area contributed by atoms with E-state index in [1.165, 1.54) is 5.56 Å². The van der Waals surface area contributed by atoms with Gasteiger partial charge >= 0.3 is 0 Å². The molecule has 3 aromatic rings. The SMILES string of the molecule is Cc1ccccc1NC1CN(c2ncc3ccccc3n2)CCO1.Cl. The molecule has 1 aromatic heterocycles. The summed E-state index contributed by atoms with van der Waals surface area (Å²) in [6.07, 6.45) is 1.81. The van der Waals surface area contributed by atoms with Gasteiger partial charge in [-0.15, -0.1) is 12.4 Å². The lowest BCUT2D eigenvalue weighted by Gasteiger charge is -2.34. The summed E-state index contributed by atoms with van der Waals surface area (Å²) in [6.45, 7) is 4.26. The molecule has 1 N–H and O–H groups in total. The van der Waals surface area contributed by atoms with E-state index >= 15 is 0 Å². The van der Waals surface area contributed by atoms with Crippen LogP contribution in [-0.4, -0.2) is 35.9 Å². The Morgan fingerprint density at radius 3 is 2.80 bits per heavy atom. The average Bonchev–Trinajstić information content (AvgIpc) is 2.63. The van der Waals surface area contributed by atoms with Crippen LogP contribution in [0, 0.1) is 6.92 Å². The number of halogens is 1. The van der Waals surface area contributed by atoms with Crippen LogP contribution in [0.4, 0.5) is 11.6 Å². The first-order valence-electron chi connectivity index (χ1n) is 8.20. The fourth-order valence-electron chi connectivity index (χ4n) is 2.94. The Labute approximate surface area is 153 Å². The Morgan fingerprint density at radius 1 is 1.12 bits per heavy atom. The standard InChI is InChI=1S/C19H20N4O.ClH/c1-14-6-2-4-8-16(14)21-18-13-23(10-11-24-18)19-20-12-15-7-3-5-9-17(15)22-19;/h2-9,12,18,21H,10-11,13H2,1H3;1H. The number of nitrogens with one attached hydrogen (secondary N) is 1. The van der Waals surface area contributed by atoms with Gasteiger partial charge in [0.15, 0.2) is 0 Å². The van der Waals surface area contributed by atoms with E-state index in [1.807, 2.05) is 42.6 Å². The van der Waals surface area contributed by atoms with E-state index in [4.69, 9.17) is 4.74 Å². The van der Waals surface area contributed by atoms with E-state index in [1.54, 1.807) is 0 Å². The van der Waals surface area contributed by atoms with Gasteiger partial charge in [0.05, 0.1) is 18.7 Å². The molecular formula is C19H21ClN4O. The monoisotopic (exact) mass is 356 g/mol. The van der Waals surface area contributed by atoms with E-state index in [2.05, 4.69) is 39.2 Å². The molecule has 1 aliphatic heterocycles. The second-order valence-electron chi connectivity index (χ2n) is 5.99. The van der Waals surface area contributed by atoms with Crippen LogP contribution in [0.25, 0.3) is 10.9 Å². The third-order valence-electron chi connectivity index (χ3n) is 4.29. The molecule has 4 rings (SSSR count). The molecule has 0 amide bonds. The summed E-state index contributed by atoms with van der Waals surface area (Å²) in [5, 5.41) is 4.53. The molecule has 0 aliphatic carbocycles. The first-order valence-corrected chi connectivity index (χ1v) is 8.20. The lowest BCUT2D eigenvalue weighted by Crippen LogP contribution is -2.46. The Morgan fingerprint density at radius 2 is 1.92 bits per heavy atom. The van der Waals surface area contributed by atoms with Crippen molar-refractivity contribution in [3.63, 3.8) is 0 Å². The van der Waals surface area contributed by atoms with Gasteiger partial charge in [-0.1, -0.05) is 36.4 Å². The van der Waals surface area contributed by atoms with Gasteiger partial charge in [0, 0.05) is 23.8 Å². The number of aromatic nitrogens is 2. The van der Waals surface area contributed by atoms with E-state index in [9.17, 15) is 0 Å². The van der Waals surface area contributed by atoms with Crippen molar-refractivity contribution in [2.45, 2.75) is 13.2 Å². The van der Waals surface area contributed by atoms with Crippen molar-refractivity contribution >= 4 is 34.9 Å². The Hall–Kier alpha value is -2.37. The Bertz CT molecular complexity index is 857. The normalized spacial score (nSPS) is 17.2. The third kappa shape index (κ3) is 3.83. The second-order valence-corrected chi connectivity index (χ2v) is 5.99. The van der Waals surface area contributed by atoms with Crippen molar-refractivity contribution < 1.29 is 4.74 Å². The quantitative estimate of drug-likeness (QED) is 0.776. The van der Waals surface area contributed by atoms with Gasteiger partial charge in [0.1, 0.15) is 6.23 Å². The number of hydrogen-bond donors (Lipinski definition) is 1. The van der Waals surface area contributed by atoms with Gasteiger partial charge in [0.25, 0.3) is 0 Å². The van der Waals surface area contributed by atoms with Crippen LogP contribution in [0.15, 0.2) is 54.7 Å². The maximum atomic E-state index is 5.87. The number of ether oxygens (including phenoxy) is 1. The van der Waals surface area contributed by atoms with Crippen LogP contribution in [-0.2, 0) is 4.74 Å². The Balaban J connectivity index is 0.00000182. The summed E-state index contributed by atoms with van der Waals surface area (Å²) in [5.41, 5.74) is 3.28. The number of anilines is 2. The summed E-state index contributed by atoms with van der Waals surface area (Å²) in [5.74, 6) is 0.758. The molecule has 1 unspecified atom stereocenters. The average molecular weight is 357 g/mol. The topological polar surface area (TPSA) is 50.3 Å². The summed E-state index contributed by atoms with van der Waals surface area (Å²) in [6, 6.07) is 16.3. The van der Waals surface area contributed by atoms with E-state index in [-0.39, 0.29) is 18.6 Å². The summed E-state index contributed by atoms with van der Waals surface area (Å²) >= 11 is 0. The zero-order valence-corrected chi connectivity index (χ0v) is 14.9. The fourth-order valence-corrected chi connectivity index (χ4v) is 2.94. The number of morpholine rings is 1. The highest BCUT2D eigenvalue weighted by Gasteiger charge is 2.22. The zero-order chi connectivity index (χ0) is 16.4. The lowest BCUT2D eigenvalue weighted by atomic mass is 10.2. The van der Waals surface area contributed by atoms with Gasteiger partial charge in [-0.25, -0.2) is 9.97 Å². The van der Waals surface area contributed by atoms with E-state index in [0.29, 0.717) is 13.2 Å². The van der Waals surface area contributed by atoms with Crippen LogP contribution in [0.1, 0.15) is 5.56 Å². The summed E-state index contributed by atoms with van der Waals surface area (Å²) < 4.78 is 5.87. The molecule has 5 nitrogen and oxygen atoms in total. The molecule has 1 fully saturated rings. The largest absolute Gasteiger partial charge is 0.358 e. The number of rotatable bonds is 3. The molecular weight excluding hydrogens is 336 g/mol. The summed E-state index contributed by atoms with van der Waals surface area (Å²) in [4.78, 5) is 11.4. The Kier molecular flexibility index (Phi) is 5.36. The number of nitrogens with zero attached hydrogens (tertiary/aromatic N) is 3. The van der Waals surface area contributed by atoms with Crippen molar-refractivity contribution in [3.8, 4) is 0 Å². The van der Waals surface area contributed by atoms with Crippen LogP contribution < -0.4 is 10.2 Å². The minimum atomic E-state index is -0.0741. The van der Waals surface area contributed by atoms with Crippen molar-refractivity contribution in [3.05, 3.63) is 60.3 Å². The van der Waals surface area contributed by atoms with Crippen LogP contribution in [0.3, 0.4) is 0 Å². The van der Waals surface area contributed by atoms with Crippen molar-refractivity contribution in [2.75, 3.05) is 29.9 Å². The van der Waals surface area contributed by atoms with Crippen LogP contribution >= 0.6 is 12.4 Å². The summed E-state index contributed by atoms with van der Waals surface area (Å²) in [7, 11) is 0. The lowest BCUT2D eigenvalue weighted by molar-refractivity contribution is 0.0585. The first-order chi connectivity index (χ1) is 11.8. The number of aryl methyl sites for hydroxylation is 1. The number of para-hydroxylation sites is 2. The maximum Gasteiger partial charge on any atom is 0.226 e. The van der Waals surface area contributed by atoms with Gasteiger partial charge in [-0.3, -0.25) is 0 Å². The van der Waals surface area contributed by atoms with Crippen molar-refractivity contribution in [1.82, 2.24) is 9.97 Å². The van der Waals surface area contributed by atoms with Crippen molar-refractivity contribution in [2.24, 2.45) is 0 Å². The number of hydrogen-bond acceptors (Lipinski definition) is 5. The molecule has 2 heterocycles. The zero-order valence-electron chi connectivity index (χ0n) is 14.1. The molecule has 25 heavy (non-hydrogen) atoms. The maximum absolute atomic E-state index is 5.87. The van der Waals surface area contributed by atoms with Crippen LogP contribution in [0.5, 0.6) is 0 Å². The van der Waals surface area contributed by atoms with Gasteiger partial charge in [-0.05, 0) is 24.6 Å². The number of fused-ring (bicyclic) bond motifs is 1. The smallest absolute Gasteiger partial charge is 0.226 e. The molecule has 6 heteroatoms. The third-order valence-corrected chi connectivity index (χ3v) is 4.29. The molecule has 0 saturated carbocycles. The molecule has 1 saturated heterocycles. The first kappa shape index (κ1) is 17.5. The van der Waals surface area contributed by atoms with Crippen LogP contribution in [0.2, 0.25) is 0 Å². The highest BCUT2D eigenvalue weighted by molar-refractivity contribution is 5.85. The van der Waals surface area contributed by atoms with Gasteiger partial charge in [0.2, 0.25) is 5.95 Å². The molecule has 0 radical (unpaired) electrons. The minimum absolute atomic E-state index is 0. The van der Waals surface area contributed by atoms with Crippen molar-refractivity contribution in [1.29, 1.82) is 0 Å². The highest BCUT2D eigenvalue weighted by Crippen LogP contribution is 2.20. The van der Waals surface area contributed by atoms with Gasteiger partial charge < -0.3 is 15.0 Å². The fraction of sp³-hybridized carbons (Fsp3) is 0.263. The van der Waals surface area contributed by atoms with E-state index in [0.717, 1.165) is 29.1 Å².